The van der Waals surface area contributed by atoms with Crippen LogP contribution in [0.2, 0.25) is 0 Å². The zero-order valence-electron chi connectivity index (χ0n) is 11.5. The lowest BCUT2D eigenvalue weighted by molar-refractivity contribution is -0.131. The van der Waals surface area contributed by atoms with Gasteiger partial charge in [0.1, 0.15) is 12.4 Å². The van der Waals surface area contributed by atoms with E-state index in [0.29, 0.717) is 12.3 Å². The fourth-order valence-corrected chi connectivity index (χ4v) is 1.40. The predicted octanol–water partition coefficient (Wildman–Crippen LogP) is -0.0190. The van der Waals surface area contributed by atoms with Crippen LogP contribution in [0.4, 0.5) is 0 Å². The maximum Gasteiger partial charge on any atom is 0.263 e. The first-order valence-electron chi connectivity index (χ1n) is 6.07. The summed E-state index contributed by atoms with van der Waals surface area (Å²) < 4.78 is 5.18. The standard InChI is InChI=1S/C13H19N3O4/c1-9(20-16-12(14)8-17)13(18)15-7-10-5-3-4-6-11(10)19-2/h3-6,9,17H,7-8H2,1-2H3,(H2,14,16)(H,15,18). The Labute approximate surface area is 117 Å². The lowest BCUT2D eigenvalue weighted by Gasteiger charge is -2.12. The number of aliphatic hydroxyl groups is 1. The zero-order chi connectivity index (χ0) is 15.0. The number of para-hydroxylation sites is 1. The molecule has 0 heterocycles. The second kappa shape index (κ2) is 8.00. The highest BCUT2D eigenvalue weighted by molar-refractivity contribution is 5.82. The highest BCUT2D eigenvalue weighted by atomic mass is 16.6. The number of aliphatic hydroxyl groups excluding tert-OH is 1. The van der Waals surface area contributed by atoms with Crippen LogP contribution in [0.15, 0.2) is 29.4 Å². The summed E-state index contributed by atoms with van der Waals surface area (Å²) in [6.45, 7) is 1.43. The van der Waals surface area contributed by atoms with Crippen LogP contribution in [-0.2, 0) is 16.2 Å². The molecular formula is C13H19N3O4. The van der Waals surface area contributed by atoms with Gasteiger partial charge >= 0.3 is 0 Å². The van der Waals surface area contributed by atoms with Gasteiger partial charge in [0.05, 0.1) is 7.11 Å². The number of carbonyl (C=O) groups is 1. The number of nitrogens with zero attached hydrogens (tertiary/aromatic N) is 1. The summed E-state index contributed by atoms with van der Waals surface area (Å²) in [7, 11) is 1.57. The molecule has 20 heavy (non-hydrogen) atoms. The maximum absolute atomic E-state index is 11.8. The molecule has 0 aromatic heterocycles. The van der Waals surface area contributed by atoms with Gasteiger partial charge in [-0.2, -0.15) is 0 Å². The third-order valence-corrected chi connectivity index (χ3v) is 2.50. The normalized spacial score (nSPS) is 12.7. The molecule has 0 saturated heterocycles. The van der Waals surface area contributed by atoms with E-state index < -0.39 is 12.7 Å². The van der Waals surface area contributed by atoms with E-state index in [4.69, 9.17) is 20.4 Å². The quantitative estimate of drug-likeness (QED) is 0.370. The van der Waals surface area contributed by atoms with E-state index in [1.165, 1.54) is 6.92 Å². The lowest BCUT2D eigenvalue weighted by Crippen LogP contribution is -2.33. The van der Waals surface area contributed by atoms with Crippen molar-refractivity contribution in [3.05, 3.63) is 29.8 Å². The number of ether oxygens (including phenoxy) is 1. The Hall–Kier alpha value is -2.28. The molecule has 1 aromatic rings. The Morgan fingerprint density at radius 3 is 2.85 bits per heavy atom. The van der Waals surface area contributed by atoms with Gasteiger partial charge in [0.25, 0.3) is 5.91 Å². The minimum Gasteiger partial charge on any atom is -0.496 e. The van der Waals surface area contributed by atoms with E-state index in [9.17, 15) is 4.79 Å². The van der Waals surface area contributed by atoms with Gasteiger partial charge in [0.2, 0.25) is 6.10 Å². The molecule has 1 rings (SSSR count). The molecule has 0 aliphatic heterocycles. The summed E-state index contributed by atoms with van der Waals surface area (Å²) in [5.74, 6) is 0.267. The highest BCUT2D eigenvalue weighted by Crippen LogP contribution is 2.16. The number of amidine groups is 1. The topological polar surface area (TPSA) is 106 Å². The number of amides is 1. The number of methoxy groups -OCH3 is 1. The third kappa shape index (κ3) is 4.77. The molecule has 0 fully saturated rings. The molecule has 0 aliphatic carbocycles. The smallest absolute Gasteiger partial charge is 0.263 e. The Morgan fingerprint density at radius 2 is 2.20 bits per heavy atom. The van der Waals surface area contributed by atoms with Crippen molar-refractivity contribution in [2.24, 2.45) is 10.9 Å². The van der Waals surface area contributed by atoms with Gasteiger partial charge in [-0.25, -0.2) is 0 Å². The molecular weight excluding hydrogens is 262 g/mol. The largest absolute Gasteiger partial charge is 0.496 e. The van der Waals surface area contributed by atoms with Crippen molar-refractivity contribution < 1.29 is 19.5 Å². The van der Waals surface area contributed by atoms with Crippen molar-refractivity contribution in [1.29, 1.82) is 0 Å². The molecule has 110 valence electrons. The van der Waals surface area contributed by atoms with E-state index in [0.717, 1.165) is 5.56 Å². The SMILES string of the molecule is COc1ccccc1CNC(=O)C(C)O/N=C(\N)CO. The molecule has 0 saturated carbocycles. The van der Waals surface area contributed by atoms with Gasteiger partial charge in [0, 0.05) is 12.1 Å². The Bertz CT molecular complexity index is 476. The van der Waals surface area contributed by atoms with Crippen LogP contribution in [-0.4, -0.2) is 36.7 Å². The van der Waals surface area contributed by atoms with Crippen LogP contribution in [0.5, 0.6) is 5.75 Å². The van der Waals surface area contributed by atoms with Crippen molar-refractivity contribution in [3.63, 3.8) is 0 Å². The number of nitrogens with two attached hydrogens (primary N) is 1. The van der Waals surface area contributed by atoms with Crippen LogP contribution in [0.25, 0.3) is 0 Å². The summed E-state index contributed by atoms with van der Waals surface area (Å²) in [6.07, 6.45) is -0.810. The highest BCUT2D eigenvalue weighted by Gasteiger charge is 2.14. The second-order valence-corrected chi connectivity index (χ2v) is 4.02. The first-order chi connectivity index (χ1) is 9.58. The monoisotopic (exact) mass is 281 g/mol. The Kier molecular flexibility index (Phi) is 6.31. The van der Waals surface area contributed by atoms with Gasteiger partial charge in [0.15, 0.2) is 5.84 Å². The maximum atomic E-state index is 11.8. The Morgan fingerprint density at radius 1 is 1.50 bits per heavy atom. The summed E-state index contributed by atoms with van der Waals surface area (Å²) in [6, 6.07) is 7.37. The van der Waals surface area contributed by atoms with Crippen molar-refractivity contribution in [2.45, 2.75) is 19.6 Å². The average Bonchev–Trinajstić information content (AvgIpc) is 2.49. The number of carbonyl (C=O) groups excluding carboxylic acids is 1. The minimum absolute atomic E-state index is 0.0885. The van der Waals surface area contributed by atoms with Crippen LogP contribution in [0.1, 0.15) is 12.5 Å². The number of benzene rings is 1. The van der Waals surface area contributed by atoms with Crippen molar-refractivity contribution >= 4 is 11.7 Å². The van der Waals surface area contributed by atoms with Gasteiger partial charge in [-0.3, -0.25) is 4.79 Å². The molecule has 0 radical (unpaired) electrons. The van der Waals surface area contributed by atoms with E-state index in [1.54, 1.807) is 7.11 Å². The predicted molar refractivity (Wildman–Crippen MR) is 74.1 cm³/mol. The number of hydrogen-bond donors (Lipinski definition) is 3. The molecule has 1 aromatic carbocycles. The number of oxime groups is 1. The minimum atomic E-state index is -0.810. The molecule has 0 aliphatic rings. The van der Waals surface area contributed by atoms with Gasteiger partial charge in [-0.15, -0.1) is 0 Å². The molecule has 1 unspecified atom stereocenters. The molecule has 7 heteroatoms. The second-order valence-electron chi connectivity index (χ2n) is 4.02. The molecule has 0 spiro atoms. The Balaban J connectivity index is 2.50. The van der Waals surface area contributed by atoms with E-state index >= 15 is 0 Å². The fraction of sp³-hybridized carbons (Fsp3) is 0.385. The van der Waals surface area contributed by atoms with E-state index in [-0.39, 0.29) is 11.7 Å². The van der Waals surface area contributed by atoms with Gasteiger partial charge < -0.3 is 25.7 Å². The molecule has 4 N–H and O–H groups in total. The average molecular weight is 281 g/mol. The summed E-state index contributed by atoms with van der Waals surface area (Å²) in [5, 5.41) is 14.8. The van der Waals surface area contributed by atoms with Crippen LogP contribution < -0.4 is 15.8 Å². The first-order valence-corrected chi connectivity index (χ1v) is 6.07. The van der Waals surface area contributed by atoms with Gasteiger partial charge in [-0.05, 0) is 13.0 Å². The third-order valence-electron chi connectivity index (χ3n) is 2.50. The van der Waals surface area contributed by atoms with E-state index in [1.807, 2.05) is 24.3 Å². The zero-order valence-corrected chi connectivity index (χ0v) is 11.5. The van der Waals surface area contributed by atoms with Crippen molar-refractivity contribution in [2.75, 3.05) is 13.7 Å². The fourth-order valence-electron chi connectivity index (χ4n) is 1.40. The number of rotatable bonds is 7. The van der Waals surface area contributed by atoms with Crippen LogP contribution in [0.3, 0.4) is 0 Å². The summed E-state index contributed by atoms with van der Waals surface area (Å²) >= 11 is 0. The molecule has 1 atom stereocenters. The van der Waals surface area contributed by atoms with Crippen molar-refractivity contribution in [1.82, 2.24) is 5.32 Å². The number of hydrogen-bond acceptors (Lipinski definition) is 5. The van der Waals surface area contributed by atoms with Gasteiger partial charge in [-0.1, -0.05) is 23.4 Å². The first kappa shape index (κ1) is 15.8. The van der Waals surface area contributed by atoms with Crippen molar-refractivity contribution in [3.8, 4) is 5.75 Å². The molecule has 1 amide bonds. The van der Waals surface area contributed by atoms with Crippen LogP contribution in [0, 0.1) is 0 Å². The molecule has 7 nitrogen and oxygen atoms in total. The van der Waals surface area contributed by atoms with Crippen LogP contribution >= 0.6 is 0 Å². The van der Waals surface area contributed by atoms with E-state index in [2.05, 4.69) is 10.5 Å². The summed E-state index contributed by atoms with van der Waals surface area (Å²) in [5.41, 5.74) is 6.11. The molecule has 0 bridgehead atoms. The lowest BCUT2D eigenvalue weighted by atomic mass is 10.2. The summed E-state index contributed by atoms with van der Waals surface area (Å²) in [4.78, 5) is 16.6. The number of nitrogens with one attached hydrogen (secondary N) is 1.